The fourth-order valence-electron chi connectivity index (χ4n) is 4.46. The second-order valence-electron chi connectivity index (χ2n) is 8.06. The average Bonchev–Trinajstić information content (AvgIpc) is 2.58. The van der Waals surface area contributed by atoms with Gasteiger partial charge in [-0.3, -0.25) is 0 Å². The Morgan fingerprint density at radius 1 is 1.19 bits per heavy atom. The summed E-state index contributed by atoms with van der Waals surface area (Å²) in [7, 11) is 0. The van der Waals surface area contributed by atoms with Crippen molar-refractivity contribution in [3.05, 3.63) is 33.8 Å². The van der Waals surface area contributed by atoms with E-state index in [0.717, 1.165) is 38.8 Å². The van der Waals surface area contributed by atoms with Crippen LogP contribution in [-0.4, -0.2) is 18.8 Å². The normalized spacial score (nSPS) is 19.6. The molecule has 1 saturated carbocycles. The van der Waals surface area contributed by atoms with Crippen LogP contribution in [0.25, 0.3) is 0 Å². The molecule has 0 aromatic heterocycles. The molecule has 2 nitrogen and oxygen atoms in total. The largest absolute Gasteiger partial charge is 0.374 e. The molecule has 2 rings (SSSR count). The monoisotopic (exact) mass is 399 g/mol. The second-order valence-corrected chi connectivity index (χ2v) is 8.87. The summed E-state index contributed by atoms with van der Waals surface area (Å²) >= 11 is 12.6. The highest BCUT2D eigenvalue weighted by atomic mass is 35.5. The summed E-state index contributed by atoms with van der Waals surface area (Å²) in [5.41, 5.74) is 6.77. The van der Waals surface area contributed by atoms with Gasteiger partial charge in [-0.1, -0.05) is 62.4 Å². The quantitative estimate of drug-likeness (QED) is 0.417. The van der Waals surface area contributed by atoms with E-state index in [-0.39, 0.29) is 11.0 Å². The summed E-state index contributed by atoms with van der Waals surface area (Å²) < 4.78 is 6.69. The van der Waals surface area contributed by atoms with Crippen LogP contribution in [0.1, 0.15) is 77.7 Å². The number of benzene rings is 1. The third-order valence-electron chi connectivity index (χ3n) is 6.56. The first-order valence-corrected chi connectivity index (χ1v) is 11.0. The van der Waals surface area contributed by atoms with Gasteiger partial charge in [-0.25, -0.2) is 0 Å². The van der Waals surface area contributed by atoms with E-state index in [1.807, 2.05) is 6.07 Å². The molecule has 1 aliphatic rings. The number of hydrogen-bond donors (Lipinski definition) is 1. The minimum absolute atomic E-state index is 0.0249. The van der Waals surface area contributed by atoms with Crippen molar-refractivity contribution >= 4 is 23.2 Å². The van der Waals surface area contributed by atoms with Crippen molar-refractivity contribution in [2.45, 2.75) is 83.2 Å². The number of ether oxygens (including phenoxy) is 1. The first-order valence-electron chi connectivity index (χ1n) is 10.2. The molecule has 1 aromatic carbocycles. The zero-order valence-electron chi connectivity index (χ0n) is 16.6. The zero-order valence-corrected chi connectivity index (χ0v) is 18.1. The van der Waals surface area contributed by atoms with Crippen LogP contribution in [0.15, 0.2) is 18.2 Å². The molecule has 0 saturated heterocycles. The van der Waals surface area contributed by atoms with Gasteiger partial charge in [0.2, 0.25) is 0 Å². The first kappa shape index (κ1) is 22.0. The van der Waals surface area contributed by atoms with E-state index in [2.05, 4.69) is 32.9 Å². The van der Waals surface area contributed by atoms with Crippen molar-refractivity contribution in [2.24, 2.45) is 11.7 Å². The zero-order chi connectivity index (χ0) is 19.2. The van der Waals surface area contributed by atoms with Crippen LogP contribution < -0.4 is 5.73 Å². The number of rotatable bonds is 11. The van der Waals surface area contributed by atoms with Gasteiger partial charge in [-0.05, 0) is 69.2 Å². The van der Waals surface area contributed by atoms with E-state index in [0.29, 0.717) is 16.0 Å². The first-order chi connectivity index (χ1) is 12.4. The third kappa shape index (κ3) is 4.41. The van der Waals surface area contributed by atoms with Gasteiger partial charge in [0, 0.05) is 12.0 Å². The molecule has 0 radical (unpaired) electrons. The Morgan fingerprint density at radius 3 is 2.46 bits per heavy atom. The minimum atomic E-state index is -0.202. The lowest BCUT2D eigenvalue weighted by Crippen LogP contribution is -2.59. The highest BCUT2D eigenvalue weighted by Gasteiger charge is 2.56. The summed E-state index contributed by atoms with van der Waals surface area (Å²) in [6, 6.07) is 6.16. The van der Waals surface area contributed by atoms with E-state index >= 15 is 0 Å². The maximum absolute atomic E-state index is 6.69. The maximum atomic E-state index is 6.69. The van der Waals surface area contributed by atoms with Crippen LogP contribution >= 0.6 is 23.2 Å². The number of nitrogens with two attached hydrogens (primary N) is 1. The van der Waals surface area contributed by atoms with Gasteiger partial charge in [-0.15, -0.1) is 0 Å². The third-order valence-corrected chi connectivity index (χ3v) is 7.30. The lowest BCUT2D eigenvalue weighted by Gasteiger charge is -2.57. The van der Waals surface area contributed by atoms with Gasteiger partial charge in [0.25, 0.3) is 0 Å². The molecule has 1 aromatic rings. The summed E-state index contributed by atoms with van der Waals surface area (Å²) in [5, 5.41) is 1.26. The van der Waals surface area contributed by atoms with Gasteiger partial charge >= 0.3 is 0 Å². The SMILES string of the molecule is CCCCC(C)C(C)(OCCCCN)C1(c2ccc(Cl)c(Cl)c2)CCC1. The Bertz CT molecular complexity index is 573. The predicted octanol–water partition coefficient (Wildman–Crippen LogP) is 6.76. The minimum Gasteiger partial charge on any atom is -0.374 e. The molecule has 26 heavy (non-hydrogen) atoms. The van der Waals surface area contributed by atoms with Gasteiger partial charge in [0.15, 0.2) is 0 Å². The van der Waals surface area contributed by atoms with E-state index in [1.54, 1.807) is 0 Å². The highest BCUT2D eigenvalue weighted by molar-refractivity contribution is 6.42. The van der Waals surface area contributed by atoms with Crippen molar-refractivity contribution in [1.82, 2.24) is 0 Å². The Labute approximate surface area is 169 Å². The highest BCUT2D eigenvalue weighted by Crippen LogP contribution is 2.56. The van der Waals surface area contributed by atoms with E-state index in [1.165, 1.54) is 31.2 Å². The van der Waals surface area contributed by atoms with Crippen LogP contribution in [0.3, 0.4) is 0 Å². The fraction of sp³-hybridized carbons (Fsp3) is 0.727. The van der Waals surface area contributed by atoms with Gasteiger partial charge < -0.3 is 10.5 Å². The molecule has 1 aliphatic carbocycles. The Hall–Kier alpha value is -0.280. The maximum Gasteiger partial charge on any atom is 0.0775 e. The number of halogens is 2. The van der Waals surface area contributed by atoms with Crippen LogP contribution in [0.2, 0.25) is 10.0 Å². The van der Waals surface area contributed by atoms with Crippen molar-refractivity contribution in [3.63, 3.8) is 0 Å². The molecule has 0 heterocycles. The number of hydrogen-bond acceptors (Lipinski definition) is 2. The Balaban J connectivity index is 2.34. The van der Waals surface area contributed by atoms with E-state index in [4.69, 9.17) is 33.7 Å². The molecule has 0 aliphatic heterocycles. The van der Waals surface area contributed by atoms with Crippen LogP contribution in [0.4, 0.5) is 0 Å². The molecule has 0 spiro atoms. The van der Waals surface area contributed by atoms with Crippen molar-refractivity contribution in [2.75, 3.05) is 13.2 Å². The summed E-state index contributed by atoms with van der Waals surface area (Å²) in [6.07, 6.45) is 9.20. The second kappa shape index (κ2) is 9.78. The summed E-state index contributed by atoms with van der Waals surface area (Å²) in [4.78, 5) is 0. The molecule has 0 amide bonds. The van der Waals surface area contributed by atoms with Gasteiger partial charge in [-0.2, -0.15) is 0 Å². The molecule has 2 atom stereocenters. The van der Waals surface area contributed by atoms with Crippen molar-refractivity contribution < 1.29 is 4.74 Å². The standard InChI is InChI=1S/C22H35Cl2NO/c1-4-5-9-17(2)21(3,26-15-7-6-14-25)22(12-8-13-22)18-10-11-19(23)20(24)16-18/h10-11,16-17H,4-9,12-15,25H2,1-3H3. The van der Waals surface area contributed by atoms with Gasteiger partial charge in [0.1, 0.15) is 0 Å². The van der Waals surface area contributed by atoms with Crippen LogP contribution in [0, 0.1) is 5.92 Å². The molecule has 1 fully saturated rings. The number of unbranched alkanes of at least 4 members (excludes halogenated alkanes) is 2. The summed E-state index contributed by atoms with van der Waals surface area (Å²) in [5.74, 6) is 0.482. The average molecular weight is 400 g/mol. The Morgan fingerprint density at radius 2 is 1.92 bits per heavy atom. The van der Waals surface area contributed by atoms with Crippen molar-refractivity contribution in [3.8, 4) is 0 Å². The smallest absolute Gasteiger partial charge is 0.0775 e. The summed E-state index contributed by atoms with van der Waals surface area (Å²) in [6.45, 7) is 8.44. The van der Waals surface area contributed by atoms with E-state index in [9.17, 15) is 0 Å². The topological polar surface area (TPSA) is 35.2 Å². The molecular weight excluding hydrogens is 365 g/mol. The van der Waals surface area contributed by atoms with Crippen LogP contribution in [0.5, 0.6) is 0 Å². The molecule has 2 unspecified atom stereocenters. The van der Waals surface area contributed by atoms with Crippen molar-refractivity contribution in [1.29, 1.82) is 0 Å². The predicted molar refractivity (Wildman–Crippen MR) is 113 cm³/mol. The molecule has 148 valence electrons. The lowest BCUT2D eigenvalue weighted by molar-refractivity contribution is -0.151. The fourth-order valence-corrected chi connectivity index (χ4v) is 4.76. The molecular formula is C22H35Cl2NO. The van der Waals surface area contributed by atoms with E-state index < -0.39 is 0 Å². The molecule has 2 N–H and O–H groups in total. The Kier molecular flexibility index (Phi) is 8.28. The lowest BCUT2D eigenvalue weighted by atomic mass is 9.52. The van der Waals surface area contributed by atoms with Gasteiger partial charge in [0.05, 0.1) is 15.6 Å². The molecule has 4 heteroatoms. The van der Waals surface area contributed by atoms with Crippen LogP contribution in [-0.2, 0) is 10.2 Å². The molecule has 0 bridgehead atoms.